The zero-order valence-corrected chi connectivity index (χ0v) is 20.3. The van der Waals surface area contributed by atoms with Crippen molar-refractivity contribution in [2.45, 2.75) is 66.1 Å². The third-order valence-electron chi connectivity index (χ3n) is 4.43. The van der Waals surface area contributed by atoms with E-state index in [2.05, 4.69) is 5.92 Å². The molecule has 0 aromatic heterocycles. The Morgan fingerprint density at radius 1 is 0.970 bits per heavy atom. The molecule has 5 atom stereocenters. The van der Waals surface area contributed by atoms with E-state index in [1.807, 2.05) is 20.8 Å². The van der Waals surface area contributed by atoms with Crippen LogP contribution in [-0.2, 0) is 47.5 Å². The fourth-order valence-corrected chi connectivity index (χ4v) is 3.10. The fraction of sp³-hybridized carbons (Fsp3) is 0.783. The van der Waals surface area contributed by atoms with Gasteiger partial charge in [0.2, 0.25) is 0 Å². The van der Waals surface area contributed by atoms with Crippen molar-refractivity contribution >= 4 is 17.9 Å². The summed E-state index contributed by atoms with van der Waals surface area (Å²) in [5.41, 5.74) is -0.410. The maximum absolute atomic E-state index is 11.7. The van der Waals surface area contributed by atoms with Crippen LogP contribution >= 0.6 is 0 Å². The molecule has 0 spiro atoms. The molecule has 1 heterocycles. The lowest BCUT2D eigenvalue weighted by atomic mass is 9.96. The van der Waals surface area contributed by atoms with Crippen LogP contribution in [0.15, 0.2) is 0 Å². The number of rotatable bonds is 13. The van der Waals surface area contributed by atoms with Gasteiger partial charge in [-0.2, -0.15) is 0 Å². The lowest BCUT2D eigenvalue weighted by Crippen LogP contribution is -2.58. The summed E-state index contributed by atoms with van der Waals surface area (Å²) in [7, 11) is 0. The Hall–Kier alpha value is -2.19. The van der Waals surface area contributed by atoms with E-state index in [-0.39, 0.29) is 25.7 Å². The van der Waals surface area contributed by atoms with Gasteiger partial charge in [-0.3, -0.25) is 14.4 Å². The van der Waals surface area contributed by atoms with E-state index in [9.17, 15) is 14.4 Å². The van der Waals surface area contributed by atoms with Crippen LogP contribution in [0.25, 0.3) is 0 Å². The summed E-state index contributed by atoms with van der Waals surface area (Å²) in [5, 5.41) is 0. The summed E-state index contributed by atoms with van der Waals surface area (Å²) in [6.45, 7) is 11.3. The Kier molecular flexibility index (Phi) is 12.4. The molecular weight excluding hydrogens is 436 g/mol. The minimum absolute atomic E-state index is 0.0912. The average molecular weight is 473 g/mol. The number of terminal acetylenes is 1. The van der Waals surface area contributed by atoms with Gasteiger partial charge in [0.05, 0.1) is 33.0 Å². The van der Waals surface area contributed by atoms with Crippen molar-refractivity contribution in [3.63, 3.8) is 0 Å². The molecule has 1 aliphatic heterocycles. The molecule has 1 rings (SSSR count). The highest BCUT2D eigenvalue weighted by Gasteiger charge is 2.47. The highest BCUT2D eigenvalue weighted by atomic mass is 16.7. The molecule has 1 aliphatic rings. The Bertz CT molecular complexity index is 683. The number of carbonyl (C=O) groups is 3. The first-order valence-corrected chi connectivity index (χ1v) is 10.8. The summed E-state index contributed by atoms with van der Waals surface area (Å²) < 4.78 is 38.5. The molecule has 0 N–H and O–H groups in total. The van der Waals surface area contributed by atoms with Gasteiger partial charge < -0.3 is 33.2 Å². The first-order valence-electron chi connectivity index (χ1n) is 10.8. The summed E-state index contributed by atoms with van der Waals surface area (Å²) in [4.78, 5) is 34.8. The van der Waals surface area contributed by atoms with E-state index in [0.29, 0.717) is 19.8 Å². The van der Waals surface area contributed by atoms with Crippen LogP contribution in [-0.4, -0.2) is 82.2 Å². The Morgan fingerprint density at radius 3 is 2.12 bits per heavy atom. The van der Waals surface area contributed by atoms with Crippen molar-refractivity contribution in [3.8, 4) is 12.3 Å². The number of hydrogen-bond acceptors (Lipinski definition) is 10. The Balaban J connectivity index is 2.72. The fourth-order valence-electron chi connectivity index (χ4n) is 3.10. The van der Waals surface area contributed by atoms with Gasteiger partial charge in [-0.15, -0.1) is 6.42 Å². The van der Waals surface area contributed by atoms with Crippen molar-refractivity contribution in [2.75, 3.05) is 39.6 Å². The largest absolute Gasteiger partial charge is 0.456 e. The van der Waals surface area contributed by atoms with Gasteiger partial charge in [-0.1, -0.05) is 26.7 Å². The molecule has 0 aliphatic carbocycles. The molecule has 5 unspecified atom stereocenters. The van der Waals surface area contributed by atoms with E-state index < -0.39 is 47.9 Å². The van der Waals surface area contributed by atoms with Gasteiger partial charge in [0.25, 0.3) is 0 Å². The topological polar surface area (TPSA) is 116 Å². The molecule has 0 bridgehead atoms. The van der Waals surface area contributed by atoms with Crippen molar-refractivity contribution < 1.29 is 47.5 Å². The minimum Gasteiger partial charge on any atom is -0.456 e. The Labute approximate surface area is 195 Å². The summed E-state index contributed by atoms with van der Waals surface area (Å²) >= 11 is 0. The second-order valence-corrected chi connectivity index (χ2v) is 8.81. The summed E-state index contributed by atoms with van der Waals surface area (Å²) in [6, 6.07) is 0. The van der Waals surface area contributed by atoms with Crippen LogP contribution in [0, 0.1) is 23.7 Å². The number of carbonyl (C=O) groups excluding carboxylic acids is 3. The molecular formula is C23H36O10. The Morgan fingerprint density at radius 2 is 1.55 bits per heavy atom. The molecule has 10 nitrogen and oxygen atoms in total. The van der Waals surface area contributed by atoms with Gasteiger partial charge in [-0.05, 0) is 0 Å². The second kappa shape index (κ2) is 14.2. The van der Waals surface area contributed by atoms with E-state index in [1.54, 1.807) is 0 Å². The smallest absolute Gasteiger partial charge is 0.303 e. The van der Waals surface area contributed by atoms with Crippen molar-refractivity contribution in [1.29, 1.82) is 0 Å². The van der Waals surface area contributed by atoms with Gasteiger partial charge in [0.15, 0.2) is 24.6 Å². The summed E-state index contributed by atoms with van der Waals surface area (Å²) in [5.74, 6) is 0.762. The third-order valence-corrected chi connectivity index (χ3v) is 4.43. The highest BCUT2D eigenvalue weighted by Crippen LogP contribution is 2.27. The highest BCUT2D eigenvalue weighted by molar-refractivity contribution is 5.68. The van der Waals surface area contributed by atoms with Crippen LogP contribution < -0.4 is 0 Å². The predicted molar refractivity (Wildman–Crippen MR) is 116 cm³/mol. The van der Waals surface area contributed by atoms with E-state index >= 15 is 0 Å². The lowest BCUT2D eigenvalue weighted by molar-refractivity contribution is -0.286. The number of esters is 3. The molecule has 0 aromatic carbocycles. The van der Waals surface area contributed by atoms with Gasteiger partial charge in [-0.25, -0.2) is 0 Å². The van der Waals surface area contributed by atoms with E-state index in [1.165, 1.54) is 20.8 Å². The standard InChI is InChI=1S/C23H36O10/c1-8-9-27-10-15(2)11-28-13-23(6,7)14-30-22-21(33-18(5)26)20(32-17(4)25)19(12-29-22)31-16(3)24/h1,15,19-22H,9-14H2,2-7H3. The van der Waals surface area contributed by atoms with E-state index in [4.69, 9.17) is 39.6 Å². The maximum Gasteiger partial charge on any atom is 0.303 e. The van der Waals surface area contributed by atoms with Crippen LogP contribution in [0.4, 0.5) is 0 Å². The second-order valence-electron chi connectivity index (χ2n) is 8.81. The molecule has 0 saturated carbocycles. The van der Waals surface area contributed by atoms with Crippen molar-refractivity contribution in [1.82, 2.24) is 0 Å². The molecule has 0 radical (unpaired) electrons. The zero-order chi connectivity index (χ0) is 25.0. The van der Waals surface area contributed by atoms with Crippen LogP contribution in [0.1, 0.15) is 41.5 Å². The van der Waals surface area contributed by atoms with Gasteiger partial charge >= 0.3 is 17.9 Å². The van der Waals surface area contributed by atoms with Gasteiger partial charge in [0, 0.05) is 32.1 Å². The van der Waals surface area contributed by atoms with Crippen LogP contribution in [0.3, 0.4) is 0 Å². The average Bonchev–Trinajstić information content (AvgIpc) is 2.68. The molecule has 0 amide bonds. The van der Waals surface area contributed by atoms with Crippen molar-refractivity contribution in [3.05, 3.63) is 0 Å². The van der Waals surface area contributed by atoms with Crippen molar-refractivity contribution in [2.24, 2.45) is 11.3 Å². The monoisotopic (exact) mass is 472 g/mol. The quantitative estimate of drug-likeness (QED) is 0.169. The summed E-state index contributed by atoms with van der Waals surface area (Å²) in [6.07, 6.45) is 1.00. The lowest BCUT2D eigenvalue weighted by Gasteiger charge is -2.41. The molecule has 33 heavy (non-hydrogen) atoms. The first kappa shape index (κ1) is 28.8. The molecule has 188 valence electrons. The first-order chi connectivity index (χ1) is 15.4. The molecule has 1 fully saturated rings. The maximum atomic E-state index is 11.7. The number of ether oxygens (including phenoxy) is 7. The molecule has 0 aromatic rings. The molecule has 1 saturated heterocycles. The predicted octanol–water partition coefficient (Wildman–Crippen LogP) is 1.48. The molecule has 10 heteroatoms. The van der Waals surface area contributed by atoms with Gasteiger partial charge in [0.1, 0.15) is 6.61 Å². The van der Waals surface area contributed by atoms with Crippen LogP contribution in [0.5, 0.6) is 0 Å². The number of hydrogen-bond donors (Lipinski definition) is 0. The zero-order valence-electron chi connectivity index (χ0n) is 20.3. The normalized spacial score (nSPS) is 23.8. The van der Waals surface area contributed by atoms with E-state index in [0.717, 1.165) is 0 Å². The minimum atomic E-state index is -1.12. The van der Waals surface area contributed by atoms with Crippen LogP contribution in [0.2, 0.25) is 0 Å². The SMILES string of the molecule is C#CCOCC(C)COCC(C)(C)COC1OCC(OC(C)=O)C(OC(C)=O)C1OC(C)=O. The third kappa shape index (κ3) is 11.5.